The summed E-state index contributed by atoms with van der Waals surface area (Å²) in [6, 6.07) is 16.4. The minimum atomic E-state index is -0.957. The molecule has 36 heavy (non-hydrogen) atoms. The molecule has 0 spiro atoms. The third-order valence-electron chi connectivity index (χ3n) is 5.30. The normalized spacial score (nSPS) is 11.2. The maximum Gasteiger partial charge on any atom is 0.307 e. The number of oxazole rings is 2. The maximum atomic E-state index is 14.8. The predicted octanol–water partition coefficient (Wildman–Crippen LogP) is 5.57. The monoisotopic (exact) mass is 483 g/mol. The van der Waals surface area contributed by atoms with Gasteiger partial charge in [-0.05, 0) is 53.6 Å². The Bertz CT molecular complexity index is 1610. The molecule has 0 radical (unpaired) electrons. The lowest BCUT2D eigenvalue weighted by Crippen LogP contribution is -2.07. The Morgan fingerprint density at radius 2 is 1.97 bits per heavy atom. The number of hydrogen-bond acceptors (Lipinski definition) is 6. The van der Waals surface area contributed by atoms with Crippen molar-refractivity contribution in [1.82, 2.24) is 9.97 Å². The second kappa shape index (κ2) is 9.67. The van der Waals surface area contributed by atoms with Crippen LogP contribution in [0.3, 0.4) is 0 Å². The van der Waals surface area contributed by atoms with Crippen LogP contribution in [0.4, 0.5) is 10.1 Å². The van der Waals surface area contributed by atoms with Gasteiger partial charge in [-0.3, -0.25) is 9.59 Å². The molecule has 1 amide bonds. The highest BCUT2D eigenvalue weighted by molar-refractivity contribution is 6.02. The molecule has 0 atom stereocenters. The number of aliphatic carboxylic acids is 1. The largest absolute Gasteiger partial charge is 0.481 e. The van der Waals surface area contributed by atoms with Gasteiger partial charge in [0.25, 0.3) is 0 Å². The van der Waals surface area contributed by atoms with E-state index in [2.05, 4.69) is 15.3 Å². The van der Waals surface area contributed by atoms with Gasteiger partial charge in [0.1, 0.15) is 11.3 Å². The molecule has 8 nitrogen and oxygen atoms in total. The van der Waals surface area contributed by atoms with E-state index in [-0.39, 0.29) is 23.8 Å². The molecule has 0 bridgehead atoms. The molecule has 5 aromatic rings. The average Bonchev–Trinajstić information content (AvgIpc) is 3.53. The number of anilines is 1. The van der Waals surface area contributed by atoms with E-state index in [1.807, 2.05) is 6.07 Å². The van der Waals surface area contributed by atoms with Gasteiger partial charge in [0.2, 0.25) is 11.8 Å². The first-order chi connectivity index (χ1) is 17.4. The number of carboxylic acids is 1. The van der Waals surface area contributed by atoms with Crippen molar-refractivity contribution in [3.8, 4) is 22.8 Å². The Morgan fingerprint density at radius 1 is 1.08 bits per heavy atom. The summed E-state index contributed by atoms with van der Waals surface area (Å²) < 4.78 is 25.8. The second-order valence-electron chi connectivity index (χ2n) is 7.90. The van der Waals surface area contributed by atoms with Crippen LogP contribution in [-0.2, 0) is 16.0 Å². The zero-order valence-corrected chi connectivity index (χ0v) is 18.6. The molecule has 0 unspecified atom stereocenters. The highest BCUT2D eigenvalue weighted by Gasteiger charge is 2.14. The lowest BCUT2D eigenvalue weighted by Gasteiger charge is -2.04. The van der Waals surface area contributed by atoms with Gasteiger partial charge in [0, 0.05) is 17.3 Å². The molecule has 3 aromatic carbocycles. The van der Waals surface area contributed by atoms with Crippen LogP contribution < -0.4 is 5.32 Å². The topological polar surface area (TPSA) is 118 Å². The van der Waals surface area contributed by atoms with Crippen molar-refractivity contribution in [2.45, 2.75) is 6.42 Å². The first-order valence-corrected chi connectivity index (χ1v) is 10.8. The van der Waals surface area contributed by atoms with Crippen LogP contribution in [0.25, 0.3) is 40.0 Å². The van der Waals surface area contributed by atoms with Gasteiger partial charge in [0.05, 0.1) is 18.2 Å². The number of aromatic nitrogens is 2. The van der Waals surface area contributed by atoms with E-state index >= 15 is 0 Å². The second-order valence-corrected chi connectivity index (χ2v) is 7.90. The molecule has 2 aromatic heterocycles. The number of carboxylic acid groups (broad SMARTS) is 1. The molecule has 2 heterocycles. The van der Waals surface area contributed by atoms with Gasteiger partial charge in [0.15, 0.2) is 17.7 Å². The van der Waals surface area contributed by atoms with E-state index < -0.39 is 11.8 Å². The Balaban J connectivity index is 1.29. The molecule has 9 heteroatoms. The number of nitrogens with one attached hydrogen (secondary N) is 1. The summed E-state index contributed by atoms with van der Waals surface area (Å²) in [6.45, 7) is 0. The van der Waals surface area contributed by atoms with E-state index in [1.54, 1.807) is 48.7 Å². The zero-order chi connectivity index (χ0) is 25.1. The van der Waals surface area contributed by atoms with Crippen LogP contribution in [-0.4, -0.2) is 27.0 Å². The fourth-order valence-electron chi connectivity index (χ4n) is 3.65. The molecule has 0 fully saturated rings. The first-order valence-electron chi connectivity index (χ1n) is 10.8. The summed E-state index contributed by atoms with van der Waals surface area (Å²) >= 11 is 0. The highest BCUT2D eigenvalue weighted by Crippen LogP contribution is 2.28. The predicted molar refractivity (Wildman–Crippen MR) is 130 cm³/mol. The maximum absolute atomic E-state index is 14.8. The highest BCUT2D eigenvalue weighted by atomic mass is 19.1. The number of carbonyl (C=O) groups is 2. The standard InChI is InChI=1S/C27H18FN3O5/c28-21-10-16(6-9-25(32)30-19-3-1-2-18(13-19)24-14-29-15-35-24)4-7-20(21)27-31-22-11-17(12-26(33)34)5-8-23(22)36-27/h1-11,13-15H,12H2,(H,30,32)(H,33,34)/b9-6+. The third kappa shape index (κ3) is 5.05. The summed E-state index contributed by atoms with van der Waals surface area (Å²) in [7, 11) is 0. The molecule has 178 valence electrons. The quantitative estimate of drug-likeness (QED) is 0.291. The summed E-state index contributed by atoms with van der Waals surface area (Å²) in [6.07, 6.45) is 5.56. The van der Waals surface area contributed by atoms with Crippen LogP contribution in [0.2, 0.25) is 0 Å². The van der Waals surface area contributed by atoms with Crippen LogP contribution in [0, 0.1) is 5.82 Å². The molecule has 0 saturated heterocycles. The van der Waals surface area contributed by atoms with Gasteiger partial charge in [-0.2, -0.15) is 0 Å². The number of benzene rings is 3. The Morgan fingerprint density at radius 3 is 2.75 bits per heavy atom. The SMILES string of the molecule is O=C(O)Cc1ccc2oc(-c3ccc(/C=C/C(=O)Nc4cccc(-c5cnco5)c4)cc3F)nc2c1. The number of hydrogen-bond donors (Lipinski definition) is 2. The number of rotatable bonds is 7. The van der Waals surface area contributed by atoms with E-state index in [1.165, 1.54) is 30.7 Å². The van der Waals surface area contributed by atoms with Crippen LogP contribution >= 0.6 is 0 Å². The fourth-order valence-corrected chi connectivity index (χ4v) is 3.65. The van der Waals surface area contributed by atoms with Crippen LogP contribution in [0.5, 0.6) is 0 Å². The third-order valence-corrected chi connectivity index (χ3v) is 5.30. The number of carbonyl (C=O) groups excluding carboxylic acids is 1. The van der Waals surface area contributed by atoms with Crippen LogP contribution in [0.15, 0.2) is 88.2 Å². The van der Waals surface area contributed by atoms with E-state index in [9.17, 15) is 14.0 Å². The number of halogens is 1. The number of fused-ring (bicyclic) bond motifs is 1. The zero-order valence-electron chi connectivity index (χ0n) is 18.6. The molecule has 0 aliphatic carbocycles. The average molecular weight is 483 g/mol. The lowest BCUT2D eigenvalue weighted by molar-refractivity contribution is -0.136. The molecule has 2 N–H and O–H groups in total. The van der Waals surface area contributed by atoms with Crippen molar-refractivity contribution in [2.24, 2.45) is 0 Å². The van der Waals surface area contributed by atoms with Crippen LogP contribution in [0.1, 0.15) is 11.1 Å². The van der Waals surface area contributed by atoms with E-state index in [4.69, 9.17) is 13.9 Å². The van der Waals surface area contributed by atoms with Gasteiger partial charge in [-0.15, -0.1) is 0 Å². The van der Waals surface area contributed by atoms with E-state index in [0.29, 0.717) is 33.7 Å². The minimum absolute atomic E-state index is 0.0786. The Kier molecular flexibility index (Phi) is 6.10. The summed E-state index contributed by atoms with van der Waals surface area (Å²) in [5.41, 5.74) is 3.40. The Labute approximate surface area is 203 Å². The van der Waals surface area contributed by atoms with E-state index in [0.717, 1.165) is 5.56 Å². The summed E-state index contributed by atoms with van der Waals surface area (Å²) in [5, 5.41) is 11.7. The first kappa shape index (κ1) is 22.7. The molecule has 0 aliphatic heterocycles. The lowest BCUT2D eigenvalue weighted by atomic mass is 10.1. The summed E-state index contributed by atoms with van der Waals surface area (Å²) in [5.74, 6) is -1.26. The molecule has 5 rings (SSSR count). The number of amides is 1. The minimum Gasteiger partial charge on any atom is -0.481 e. The number of nitrogens with zero attached hydrogens (tertiary/aromatic N) is 2. The van der Waals surface area contributed by atoms with Gasteiger partial charge >= 0.3 is 5.97 Å². The van der Waals surface area contributed by atoms with Gasteiger partial charge < -0.3 is 19.3 Å². The molecular weight excluding hydrogens is 465 g/mol. The van der Waals surface area contributed by atoms with Crippen molar-refractivity contribution < 1.29 is 27.9 Å². The van der Waals surface area contributed by atoms with Gasteiger partial charge in [-0.1, -0.05) is 24.3 Å². The molecule has 0 aliphatic rings. The van der Waals surface area contributed by atoms with Gasteiger partial charge in [-0.25, -0.2) is 14.4 Å². The fraction of sp³-hybridized carbons (Fsp3) is 0.0370. The Hall–Kier alpha value is -5.05. The van der Waals surface area contributed by atoms with Crippen molar-refractivity contribution in [3.05, 3.63) is 96.3 Å². The molecular formula is C27H18FN3O5. The smallest absolute Gasteiger partial charge is 0.307 e. The van der Waals surface area contributed by atoms with Crippen molar-refractivity contribution >= 4 is 34.7 Å². The van der Waals surface area contributed by atoms with Crippen molar-refractivity contribution in [3.63, 3.8) is 0 Å². The summed E-state index contributed by atoms with van der Waals surface area (Å²) in [4.78, 5) is 31.5. The van der Waals surface area contributed by atoms with Crippen molar-refractivity contribution in [2.75, 3.05) is 5.32 Å². The molecule has 0 saturated carbocycles. The van der Waals surface area contributed by atoms with Crippen molar-refractivity contribution in [1.29, 1.82) is 0 Å².